The van der Waals surface area contributed by atoms with Crippen LogP contribution in [0.1, 0.15) is 24.8 Å². The van der Waals surface area contributed by atoms with Crippen LogP contribution in [-0.2, 0) is 4.74 Å². The number of nitrogens with zero attached hydrogens (tertiary/aromatic N) is 1. The molecule has 0 saturated heterocycles. The number of rotatable bonds is 4. The van der Waals surface area contributed by atoms with Gasteiger partial charge < -0.3 is 10.1 Å². The molecule has 0 spiro atoms. The average molecular weight is 234 g/mol. The SMILES string of the molecule is COC1(CNc2ccc(C#N)c(F)c2)CCC1. The molecule has 2 rings (SSSR count). The molecule has 3 nitrogen and oxygen atoms in total. The van der Waals surface area contributed by atoms with Crippen LogP contribution in [0, 0.1) is 17.1 Å². The zero-order valence-electron chi connectivity index (χ0n) is 9.79. The smallest absolute Gasteiger partial charge is 0.143 e. The lowest BCUT2D eigenvalue weighted by Gasteiger charge is -2.40. The first-order valence-electron chi connectivity index (χ1n) is 5.68. The topological polar surface area (TPSA) is 45.0 Å². The normalized spacial score (nSPS) is 17.0. The van der Waals surface area contributed by atoms with Crippen LogP contribution in [0.15, 0.2) is 18.2 Å². The highest BCUT2D eigenvalue weighted by atomic mass is 19.1. The number of hydrogen-bond donors (Lipinski definition) is 1. The molecule has 1 aliphatic carbocycles. The van der Waals surface area contributed by atoms with Crippen molar-refractivity contribution in [3.63, 3.8) is 0 Å². The second-order valence-corrected chi connectivity index (χ2v) is 4.40. The number of hydrogen-bond acceptors (Lipinski definition) is 3. The van der Waals surface area contributed by atoms with Crippen LogP contribution in [0.4, 0.5) is 10.1 Å². The summed E-state index contributed by atoms with van der Waals surface area (Å²) in [6.45, 7) is 0.675. The third kappa shape index (κ3) is 2.40. The van der Waals surface area contributed by atoms with Gasteiger partial charge in [0.2, 0.25) is 0 Å². The van der Waals surface area contributed by atoms with Crippen molar-refractivity contribution in [3.05, 3.63) is 29.6 Å². The zero-order valence-corrected chi connectivity index (χ0v) is 9.79. The van der Waals surface area contributed by atoms with Crippen molar-refractivity contribution < 1.29 is 9.13 Å². The van der Waals surface area contributed by atoms with Crippen LogP contribution in [0.25, 0.3) is 0 Å². The van der Waals surface area contributed by atoms with Crippen LogP contribution >= 0.6 is 0 Å². The Hall–Kier alpha value is -1.60. The van der Waals surface area contributed by atoms with Crippen molar-refractivity contribution in [3.8, 4) is 6.07 Å². The Labute approximate surface area is 100 Å². The molecular weight excluding hydrogens is 219 g/mol. The Balaban J connectivity index is 2.00. The minimum atomic E-state index is -0.488. The molecule has 1 aliphatic rings. The molecule has 0 aliphatic heterocycles. The number of ether oxygens (including phenoxy) is 1. The molecule has 0 radical (unpaired) electrons. The Morgan fingerprint density at radius 3 is 2.76 bits per heavy atom. The fourth-order valence-corrected chi connectivity index (χ4v) is 2.00. The van der Waals surface area contributed by atoms with E-state index in [1.54, 1.807) is 19.2 Å². The van der Waals surface area contributed by atoms with Crippen molar-refractivity contribution in [1.82, 2.24) is 0 Å². The quantitative estimate of drug-likeness (QED) is 0.871. The highest BCUT2D eigenvalue weighted by Crippen LogP contribution is 2.35. The number of methoxy groups -OCH3 is 1. The molecule has 1 fully saturated rings. The van der Waals surface area contributed by atoms with Gasteiger partial charge in [0.05, 0.1) is 11.2 Å². The van der Waals surface area contributed by atoms with Crippen LogP contribution in [0.2, 0.25) is 0 Å². The Kier molecular flexibility index (Phi) is 3.30. The standard InChI is InChI=1S/C13H15FN2O/c1-17-13(5-2-6-13)9-16-11-4-3-10(8-15)12(14)7-11/h3-4,7,16H,2,5-6,9H2,1H3. The van der Waals surface area contributed by atoms with Gasteiger partial charge in [-0.3, -0.25) is 0 Å². The van der Waals surface area contributed by atoms with E-state index in [0.29, 0.717) is 12.2 Å². The van der Waals surface area contributed by atoms with E-state index in [1.165, 1.54) is 18.6 Å². The van der Waals surface area contributed by atoms with Crippen LogP contribution < -0.4 is 5.32 Å². The number of nitrogens with one attached hydrogen (secondary N) is 1. The Bertz CT molecular complexity index is 444. The molecule has 1 aromatic carbocycles. The van der Waals surface area contributed by atoms with Gasteiger partial charge >= 0.3 is 0 Å². The molecule has 90 valence electrons. The molecule has 0 atom stereocenters. The summed E-state index contributed by atoms with van der Waals surface area (Å²) < 4.78 is 18.8. The number of halogens is 1. The largest absolute Gasteiger partial charge is 0.382 e. The van der Waals surface area contributed by atoms with Gasteiger partial charge in [-0.2, -0.15) is 5.26 Å². The average Bonchev–Trinajstić information content (AvgIpc) is 2.28. The fraction of sp³-hybridized carbons (Fsp3) is 0.462. The maximum atomic E-state index is 13.4. The molecule has 1 saturated carbocycles. The number of anilines is 1. The van der Waals surface area contributed by atoms with Crippen LogP contribution in [0.5, 0.6) is 0 Å². The summed E-state index contributed by atoms with van der Waals surface area (Å²) in [4.78, 5) is 0. The summed E-state index contributed by atoms with van der Waals surface area (Å²) in [6.07, 6.45) is 3.25. The Morgan fingerprint density at radius 2 is 2.29 bits per heavy atom. The lowest BCUT2D eigenvalue weighted by molar-refractivity contribution is -0.0601. The first-order valence-corrected chi connectivity index (χ1v) is 5.68. The zero-order chi connectivity index (χ0) is 12.3. The van der Waals surface area contributed by atoms with Crippen molar-refractivity contribution >= 4 is 5.69 Å². The van der Waals surface area contributed by atoms with E-state index < -0.39 is 5.82 Å². The van der Waals surface area contributed by atoms with Gasteiger partial charge in [0.15, 0.2) is 0 Å². The van der Waals surface area contributed by atoms with Gasteiger partial charge in [-0.05, 0) is 37.5 Å². The predicted octanol–water partition coefficient (Wildman–Crippen LogP) is 2.68. The van der Waals surface area contributed by atoms with Crippen LogP contribution in [0.3, 0.4) is 0 Å². The molecule has 4 heteroatoms. The molecule has 0 aromatic heterocycles. The lowest BCUT2D eigenvalue weighted by atomic mass is 9.80. The summed E-state index contributed by atoms with van der Waals surface area (Å²) in [5, 5.41) is 11.8. The molecule has 0 amide bonds. The van der Waals surface area contributed by atoms with Crippen molar-refractivity contribution in [1.29, 1.82) is 5.26 Å². The van der Waals surface area contributed by atoms with E-state index in [1.807, 2.05) is 0 Å². The van der Waals surface area contributed by atoms with E-state index in [2.05, 4.69) is 5.32 Å². The summed E-state index contributed by atoms with van der Waals surface area (Å²) in [7, 11) is 1.71. The third-order valence-corrected chi connectivity index (χ3v) is 3.40. The maximum Gasteiger partial charge on any atom is 0.143 e. The summed E-state index contributed by atoms with van der Waals surface area (Å²) >= 11 is 0. The van der Waals surface area contributed by atoms with Gasteiger partial charge in [0.25, 0.3) is 0 Å². The van der Waals surface area contributed by atoms with Crippen molar-refractivity contribution in [2.45, 2.75) is 24.9 Å². The third-order valence-electron chi connectivity index (χ3n) is 3.40. The minimum absolute atomic E-state index is 0.0700. The van der Waals surface area contributed by atoms with Gasteiger partial charge in [-0.25, -0.2) is 4.39 Å². The molecule has 1 aromatic rings. The monoisotopic (exact) mass is 234 g/mol. The van der Waals surface area contributed by atoms with Crippen LogP contribution in [-0.4, -0.2) is 19.3 Å². The molecule has 0 heterocycles. The molecule has 0 bridgehead atoms. The molecule has 0 unspecified atom stereocenters. The maximum absolute atomic E-state index is 13.4. The van der Waals surface area contributed by atoms with E-state index >= 15 is 0 Å². The van der Waals surface area contributed by atoms with Gasteiger partial charge in [-0.15, -0.1) is 0 Å². The van der Waals surface area contributed by atoms with Crippen molar-refractivity contribution in [2.24, 2.45) is 0 Å². The predicted molar refractivity (Wildman–Crippen MR) is 63.2 cm³/mol. The van der Waals surface area contributed by atoms with E-state index in [4.69, 9.17) is 10.00 Å². The molecule has 1 N–H and O–H groups in total. The van der Waals surface area contributed by atoms with Gasteiger partial charge in [0.1, 0.15) is 11.9 Å². The van der Waals surface area contributed by atoms with Crippen molar-refractivity contribution in [2.75, 3.05) is 19.0 Å². The first kappa shape index (κ1) is 11.9. The first-order chi connectivity index (χ1) is 8.19. The Morgan fingerprint density at radius 1 is 1.53 bits per heavy atom. The lowest BCUT2D eigenvalue weighted by Crippen LogP contribution is -2.45. The fourth-order valence-electron chi connectivity index (χ4n) is 2.00. The summed E-state index contributed by atoms with van der Waals surface area (Å²) in [6, 6.07) is 6.34. The second kappa shape index (κ2) is 4.72. The number of nitriles is 1. The van der Waals surface area contributed by atoms with E-state index in [0.717, 1.165) is 12.8 Å². The minimum Gasteiger partial charge on any atom is -0.382 e. The highest BCUT2D eigenvalue weighted by Gasteiger charge is 2.36. The second-order valence-electron chi connectivity index (χ2n) is 4.40. The molecule has 17 heavy (non-hydrogen) atoms. The van der Waals surface area contributed by atoms with Gasteiger partial charge in [0, 0.05) is 19.3 Å². The molecular formula is C13H15FN2O. The van der Waals surface area contributed by atoms with Gasteiger partial charge in [-0.1, -0.05) is 0 Å². The summed E-state index contributed by atoms with van der Waals surface area (Å²) in [5.41, 5.74) is 0.662. The highest BCUT2D eigenvalue weighted by molar-refractivity contribution is 5.48. The number of benzene rings is 1. The van der Waals surface area contributed by atoms with E-state index in [9.17, 15) is 4.39 Å². The van der Waals surface area contributed by atoms with E-state index in [-0.39, 0.29) is 11.2 Å². The summed E-state index contributed by atoms with van der Waals surface area (Å²) in [5.74, 6) is -0.488.